The molecule has 3 heterocycles. The van der Waals surface area contributed by atoms with Gasteiger partial charge in [0.2, 0.25) is 0 Å². The molecule has 0 aromatic carbocycles. The smallest absolute Gasteiger partial charge is 0.273 e. The van der Waals surface area contributed by atoms with Gasteiger partial charge in [-0.1, -0.05) is 18.1 Å². The standard InChI is InChI=1S/C19H29N7O/c1-14-15(10-24(2)22-14)11-25-9-5-8-17(25)12-26-13-18(21-23-26)19(27)20-16-6-3-4-7-16/h10,13,16-17H,3-9,11-12H2,1-2H3,(H,20,27)/t17-/m0/s1. The van der Waals surface area contributed by atoms with Crippen molar-refractivity contribution in [3.63, 3.8) is 0 Å². The van der Waals surface area contributed by atoms with Crippen LogP contribution >= 0.6 is 0 Å². The molecule has 8 heteroatoms. The van der Waals surface area contributed by atoms with E-state index in [1.165, 1.54) is 24.8 Å². The summed E-state index contributed by atoms with van der Waals surface area (Å²) >= 11 is 0. The van der Waals surface area contributed by atoms with Crippen molar-refractivity contribution in [2.45, 2.75) is 70.6 Å². The van der Waals surface area contributed by atoms with E-state index >= 15 is 0 Å². The van der Waals surface area contributed by atoms with E-state index in [1.54, 1.807) is 6.20 Å². The van der Waals surface area contributed by atoms with Crippen LogP contribution in [0, 0.1) is 6.92 Å². The Morgan fingerprint density at radius 2 is 2.04 bits per heavy atom. The fourth-order valence-corrected chi connectivity index (χ4v) is 4.37. The summed E-state index contributed by atoms with van der Waals surface area (Å²) in [6, 6.07) is 0.716. The summed E-state index contributed by atoms with van der Waals surface area (Å²) in [5.74, 6) is -0.0950. The first kappa shape index (κ1) is 18.2. The van der Waals surface area contributed by atoms with Crippen LogP contribution in [-0.4, -0.2) is 54.2 Å². The average Bonchev–Trinajstić information content (AvgIpc) is 3.40. The first-order chi connectivity index (χ1) is 13.1. The van der Waals surface area contributed by atoms with Gasteiger partial charge < -0.3 is 5.32 Å². The van der Waals surface area contributed by atoms with E-state index in [-0.39, 0.29) is 5.91 Å². The van der Waals surface area contributed by atoms with Crippen LogP contribution in [0.2, 0.25) is 0 Å². The predicted octanol–water partition coefficient (Wildman–Crippen LogP) is 1.66. The molecule has 2 aliphatic rings. The molecule has 1 aliphatic carbocycles. The molecule has 0 unspecified atom stereocenters. The molecule has 1 atom stereocenters. The Balaban J connectivity index is 1.36. The molecule has 1 aliphatic heterocycles. The number of carbonyl (C=O) groups excluding carboxylic acids is 1. The summed E-state index contributed by atoms with van der Waals surface area (Å²) in [4.78, 5) is 14.8. The van der Waals surface area contributed by atoms with E-state index in [9.17, 15) is 4.79 Å². The first-order valence-electron chi connectivity index (χ1n) is 10.0. The van der Waals surface area contributed by atoms with E-state index < -0.39 is 0 Å². The highest BCUT2D eigenvalue weighted by molar-refractivity contribution is 5.92. The van der Waals surface area contributed by atoms with Gasteiger partial charge >= 0.3 is 0 Å². The third kappa shape index (κ3) is 4.21. The summed E-state index contributed by atoms with van der Waals surface area (Å²) in [5.41, 5.74) is 2.80. The van der Waals surface area contributed by atoms with Crippen LogP contribution in [0.3, 0.4) is 0 Å². The minimum absolute atomic E-state index is 0.0950. The van der Waals surface area contributed by atoms with Gasteiger partial charge in [0.05, 0.1) is 18.4 Å². The molecule has 0 bridgehead atoms. The van der Waals surface area contributed by atoms with Crippen molar-refractivity contribution in [1.29, 1.82) is 0 Å². The molecule has 1 N–H and O–H groups in total. The monoisotopic (exact) mass is 371 g/mol. The highest BCUT2D eigenvalue weighted by Gasteiger charge is 2.27. The van der Waals surface area contributed by atoms with E-state index in [1.807, 2.05) is 16.4 Å². The summed E-state index contributed by atoms with van der Waals surface area (Å²) < 4.78 is 3.70. The minimum atomic E-state index is -0.0950. The number of hydrogen-bond donors (Lipinski definition) is 1. The zero-order valence-electron chi connectivity index (χ0n) is 16.3. The number of rotatable bonds is 6. The number of aromatic nitrogens is 5. The largest absolute Gasteiger partial charge is 0.348 e. The Labute approximate surface area is 159 Å². The normalized spacial score (nSPS) is 21.2. The van der Waals surface area contributed by atoms with Crippen LogP contribution in [-0.2, 0) is 20.1 Å². The van der Waals surface area contributed by atoms with Crippen molar-refractivity contribution in [2.75, 3.05) is 6.54 Å². The van der Waals surface area contributed by atoms with Crippen LogP contribution in [0.15, 0.2) is 12.4 Å². The number of nitrogens with zero attached hydrogens (tertiary/aromatic N) is 6. The van der Waals surface area contributed by atoms with E-state index in [0.717, 1.165) is 44.6 Å². The topological polar surface area (TPSA) is 80.9 Å². The maximum atomic E-state index is 12.3. The van der Waals surface area contributed by atoms with Gasteiger partial charge in [0, 0.05) is 37.4 Å². The molecule has 146 valence electrons. The van der Waals surface area contributed by atoms with Gasteiger partial charge in [-0.3, -0.25) is 19.1 Å². The van der Waals surface area contributed by atoms with Crippen LogP contribution in [0.4, 0.5) is 0 Å². The molecule has 2 aromatic rings. The van der Waals surface area contributed by atoms with Crippen molar-refractivity contribution in [2.24, 2.45) is 7.05 Å². The molecule has 2 fully saturated rings. The zero-order chi connectivity index (χ0) is 18.8. The Morgan fingerprint density at radius 1 is 1.22 bits per heavy atom. The molecule has 1 saturated heterocycles. The summed E-state index contributed by atoms with van der Waals surface area (Å²) in [6.07, 6.45) is 10.8. The Hall–Kier alpha value is -2.22. The molecular weight excluding hydrogens is 342 g/mol. The van der Waals surface area contributed by atoms with Gasteiger partial charge in [0.15, 0.2) is 5.69 Å². The molecule has 0 spiro atoms. The van der Waals surface area contributed by atoms with Crippen molar-refractivity contribution in [1.82, 2.24) is 35.0 Å². The summed E-state index contributed by atoms with van der Waals surface area (Å²) in [6.45, 7) is 4.83. The highest BCUT2D eigenvalue weighted by Crippen LogP contribution is 2.22. The van der Waals surface area contributed by atoms with Crippen molar-refractivity contribution in [3.8, 4) is 0 Å². The molecule has 27 heavy (non-hydrogen) atoms. The van der Waals surface area contributed by atoms with Gasteiger partial charge in [0.25, 0.3) is 5.91 Å². The second-order valence-electron chi connectivity index (χ2n) is 7.96. The number of aryl methyl sites for hydroxylation is 2. The maximum Gasteiger partial charge on any atom is 0.273 e. The van der Waals surface area contributed by atoms with Crippen LogP contribution in [0.1, 0.15) is 60.3 Å². The van der Waals surface area contributed by atoms with E-state index in [4.69, 9.17) is 0 Å². The first-order valence-corrected chi connectivity index (χ1v) is 10.0. The fourth-order valence-electron chi connectivity index (χ4n) is 4.37. The molecule has 0 radical (unpaired) electrons. The predicted molar refractivity (Wildman–Crippen MR) is 101 cm³/mol. The lowest BCUT2D eigenvalue weighted by molar-refractivity contribution is 0.0932. The third-order valence-corrected chi connectivity index (χ3v) is 5.85. The van der Waals surface area contributed by atoms with Gasteiger partial charge in [0.1, 0.15) is 0 Å². The molecule has 1 saturated carbocycles. The van der Waals surface area contributed by atoms with E-state index in [0.29, 0.717) is 17.8 Å². The van der Waals surface area contributed by atoms with Gasteiger partial charge in [-0.05, 0) is 39.2 Å². The SMILES string of the molecule is Cc1nn(C)cc1CN1CCC[C@H]1Cn1cc(C(=O)NC2CCCC2)nn1. The number of likely N-dealkylation sites (tertiary alicyclic amines) is 1. The summed E-state index contributed by atoms with van der Waals surface area (Å²) in [7, 11) is 1.96. The van der Waals surface area contributed by atoms with E-state index in [2.05, 4.69) is 38.7 Å². The lowest BCUT2D eigenvalue weighted by atomic mass is 10.2. The Kier molecular flexibility index (Phi) is 5.24. The minimum Gasteiger partial charge on any atom is -0.348 e. The Morgan fingerprint density at radius 3 is 2.78 bits per heavy atom. The van der Waals surface area contributed by atoms with Gasteiger partial charge in [-0.15, -0.1) is 5.10 Å². The van der Waals surface area contributed by atoms with Crippen LogP contribution < -0.4 is 5.32 Å². The fraction of sp³-hybridized carbons (Fsp3) is 0.684. The molecular formula is C19H29N7O. The van der Waals surface area contributed by atoms with Crippen molar-refractivity contribution < 1.29 is 4.79 Å². The molecule has 1 amide bonds. The second-order valence-corrected chi connectivity index (χ2v) is 7.96. The van der Waals surface area contributed by atoms with Gasteiger partial charge in [-0.25, -0.2) is 0 Å². The van der Waals surface area contributed by atoms with Crippen LogP contribution in [0.5, 0.6) is 0 Å². The number of amides is 1. The average molecular weight is 371 g/mol. The second kappa shape index (κ2) is 7.80. The third-order valence-electron chi connectivity index (χ3n) is 5.85. The van der Waals surface area contributed by atoms with Crippen LogP contribution in [0.25, 0.3) is 0 Å². The maximum absolute atomic E-state index is 12.3. The quantitative estimate of drug-likeness (QED) is 0.835. The molecule has 2 aromatic heterocycles. The molecule has 4 rings (SSSR count). The van der Waals surface area contributed by atoms with Crippen molar-refractivity contribution in [3.05, 3.63) is 29.3 Å². The van der Waals surface area contributed by atoms with Gasteiger partial charge in [-0.2, -0.15) is 5.10 Å². The highest BCUT2D eigenvalue weighted by atomic mass is 16.2. The molecule has 8 nitrogen and oxygen atoms in total. The number of carbonyl (C=O) groups is 1. The summed E-state index contributed by atoms with van der Waals surface area (Å²) in [5, 5.41) is 15.8. The Bertz CT molecular complexity index is 790. The number of nitrogens with one attached hydrogen (secondary N) is 1. The zero-order valence-corrected chi connectivity index (χ0v) is 16.3. The van der Waals surface area contributed by atoms with Crippen molar-refractivity contribution >= 4 is 5.91 Å². The number of hydrogen-bond acceptors (Lipinski definition) is 5. The lowest BCUT2D eigenvalue weighted by Crippen LogP contribution is -2.33. The lowest BCUT2D eigenvalue weighted by Gasteiger charge is -2.23.